The van der Waals surface area contributed by atoms with Crippen LogP contribution in [0.2, 0.25) is 0 Å². The van der Waals surface area contributed by atoms with Crippen molar-refractivity contribution in [2.75, 3.05) is 0 Å². The zero-order valence-corrected chi connectivity index (χ0v) is 26.5. The standard InChI is InChI=1S/C48H32/c1-4-15-33(16-5-1)34-29-31-38(32-30-34)45-43-27-13-25-41(37-19-8-3-9-20-37)47(43)48(42-26-12-22-35-21-10-11-23-39(35)42)44-28-14-24-40(46(44)45)36-17-6-2-7-18-36/h1-32H. The summed E-state index contributed by atoms with van der Waals surface area (Å²) in [7, 11) is 0. The van der Waals surface area contributed by atoms with E-state index >= 15 is 0 Å². The molecule has 0 heteroatoms. The maximum absolute atomic E-state index is 2.34. The third-order valence-electron chi connectivity index (χ3n) is 9.68. The summed E-state index contributed by atoms with van der Waals surface area (Å²) in [5.41, 5.74) is 12.4. The van der Waals surface area contributed by atoms with Gasteiger partial charge in [0.05, 0.1) is 0 Å². The predicted octanol–water partition coefficient (Wildman–Crippen LogP) is 13.5. The molecule has 0 amide bonds. The van der Waals surface area contributed by atoms with Gasteiger partial charge in [-0.3, -0.25) is 0 Å². The smallest absolute Gasteiger partial charge is 0.00137 e. The summed E-state index contributed by atoms with van der Waals surface area (Å²) in [6.07, 6.45) is 0. The van der Waals surface area contributed by atoms with Crippen LogP contribution in [0.3, 0.4) is 0 Å². The Morgan fingerprint density at radius 3 is 1.23 bits per heavy atom. The van der Waals surface area contributed by atoms with Gasteiger partial charge in [-0.2, -0.15) is 0 Å². The third kappa shape index (κ3) is 4.70. The normalized spacial score (nSPS) is 11.3. The zero-order chi connectivity index (χ0) is 31.9. The molecule has 9 rings (SSSR count). The first-order valence-corrected chi connectivity index (χ1v) is 16.6. The maximum atomic E-state index is 2.34. The van der Waals surface area contributed by atoms with E-state index in [1.54, 1.807) is 0 Å². The van der Waals surface area contributed by atoms with Crippen molar-refractivity contribution in [3.05, 3.63) is 194 Å². The molecule has 0 radical (unpaired) electrons. The highest BCUT2D eigenvalue weighted by molar-refractivity contribution is 6.28. The molecular weight excluding hydrogens is 577 g/mol. The fraction of sp³-hybridized carbons (Fsp3) is 0. The van der Waals surface area contributed by atoms with E-state index in [-0.39, 0.29) is 0 Å². The highest BCUT2D eigenvalue weighted by Gasteiger charge is 2.23. The monoisotopic (exact) mass is 608 g/mol. The van der Waals surface area contributed by atoms with Crippen molar-refractivity contribution in [1.29, 1.82) is 0 Å². The lowest BCUT2D eigenvalue weighted by Gasteiger charge is -2.23. The quantitative estimate of drug-likeness (QED) is 0.171. The minimum absolute atomic E-state index is 1.21. The molecule has 0 aromatic heterocycles. The largest absolute Gasteiger partial charge is 0.0622 e. The predicted molar refractivity (Wildman–Crippen MR) is 206 cm³/mol. The second-order valence-electron chi connectivity index (χ2n) is 12.4. The van der Waals surface area contributed by atoms with Crippen molar-refractivity contribution in [3.8, 4) is 55.6 Å². The lowest BCUT2D eigenvalue weighted by Crippen LogP contribution is -1.95. The number of hydrogen-bond donors (Lipinski definition) is 0. The van der Waals surface area contributed by atoms with Gasteiger partial charge in [0.15, 0.2) is 0 Å². The Kier molecular flexibility index (Phi) is 6.91. The molecule has 0 atom stereocenters. The number of benzene rings is 9. The fourth-order valence-corrected chi connectivity index (χ4v) is 7.53. The topological polar surface area (TPSA) is 0 Å². The van der Waals surface area contributed by atoms with Crippen LogP contribution >= 0.6 is 0 Å². The molecule has 0 aliphatic carbocycles. The van der Waals surface area contributed by atoms with E-state index in [9.17, 15) is 0 Å². The van der Waals surface area contributed by atoms with Gasteiger partial charge in [0, 0.05) is 0 Å². The van der Waals surface area contributed by atoms with E-state index < -0.39 is 0 Å². The fourth-order valence-electron chi connectivity index (χ4n) is 7.53. The van der Waals surface area contributed by atoms with Gasteiger partial charge in [-0.25, -0.2) is 0 Å². The van der Waals surface area contributed by atoms with Crippen LogP contribution in [0.15, 0.2) is 194 Å². The van der Waals surface area contributed by atoms with E-state index in [4.69, 9.17) is 0 Å². The second-order valence-corrected chi connectivity index (χ2v) is 12.4. The maximum Gasteiger partial charge on any atom is -0.00137 e. The molecule has 0 N–H and O–H groups in total. The average Bonchev–Trinajstić information content (AvgIpc) is 3.17. The lowest BCUT2D eigenvalue weighted by atomic mass is 9.80. The van der Waals surface area contributed by atoms with Crippen molar-refractivity contribution in [2.24, 2.45) is 0 Å². The Bertz CT molecular complexity index is 2560. The molecule has 0 fully saturated rings. The molecule has 0 aliphatic heterocycles. The van der Waals surface area contributed by atoms with Crippen LogP contribution in [0.25, 0.3) is 88.0 Å². The summed E-state index contributed by atoms with van der Waals surface area (Å²) in [5, 5.41) is 7.56. The van der Waals surface area contributed by atoms with Crippen LogP contribution < -0.4 is 0 Å². The van der Waals surface area contributed by atoms with Crippen LogP contribution in [0.5, 0.6) is 0 Å². The highest BCUT2D eigenvalue weighted by atomic mass is 14.3. The molecule has 48 heavy (non-hydrogen) atoms. The van der Waals surface area contributed by atoms with Gasteiger partial charge in [-0.15, -0.1) is 0 Å². The molecule has 0 aliphatic rings. The van der Waals surface area contributed by atoms with Crippen molar-refractivity contribution in [2.45, 2.75) is 0 Å². The average molecular weight is 609 g/mol. The molecule has 0 saturated heterocycles. The van der Waals surface area contributed by atoms with E-state index in [2.05, 4.69) is 194 Å². The van der Waals surface area contributed by atoms with Crippen LogP contribution in [0.4, 0.5) is 0 Å². The summed E-state index contributed by atoms with van der Waals surface area (Å²) >= 11 is 0. The molecule has 0 bridgehead atoms. The van der Waals surface area contributed by atoms with Crippen LogP contribution in [0, 0.1) is 0 Å². The van der Waals surface area contributed by atoms with Crippen molar-refractivity contribution in [1.82, 2.24) is 0 Å². The number of rotatable bonds is 5. The van der Waals surface area contributed by atoms with E-state index in [1.165, 1.54) is 88.0 Å². The SMILES string of the molecule is c1ccc(-c2ccc(-c3c4cccc(-c5ccccc5)c4c(-c4cccc5ccccc45)c4cccc(-c5ccccc5)c34)cc2)cc1. The first kappa shape index (κ1) is 28.0. The zero-order valence-electron chi connectivity index (χ0n) is 26.5. The van der Waals surface area contributed by atoms with Crippen LogP contribution in [-0.4, -0.2) is 0 Å². The molecule has 9 aromatic rings. The van der Waals surface area contributed by atoms with Gasteiger partial charge in [0.1, 0.15) is 0 Å². The Labute approximate surface area is 281 Å². The van der Waals surface area contributed by atoms with Crippen molar-refractivity contribution >= 4 is 32.3 Å². The molecule has 0 spiro atoms. The Morgan fingerprint density at radius 2 is 0.604 bits per heavy atom. The van der Waals surface area contributed by atoms with Gasteiger partial charge in [0.25, 0.3) is 0 Å². The lowest BCUT2D eigenvalue weighted by molar-refractivity contribution is 1.60. The van der Waals surface area contributed by atoms with Crippen LogP contribution in [0.1, 0.15) is 0 Å². The molecule has 0 nitrogen and oxygen atoms in total. The first-order chi connectivity index (χ1) is 23.8. The summed E-state index contributed by atoms with van der Waals surface area (Å²) in [5.74, 6) is 0. The number of hydrogen-bond acceptors (Lipinski definition) is 0. The van der Waals surface area contributed by atoms with Crippen molar-refractivity contribution in [3.63, 3.8) is 0 Å². The van der Waals surface area contributed by atoms with E-state index in [0.717, 1.165) is 0 Å². The van der Waals surface area contributed by atoms with Gasteiger partial charge >= 0.3 is 0 Å². The molecule has 224 valence electrons. The molecule has 9 aromatic carbocycles. The Hall–Kier alpha value is -6.24. The second kappa shape index (κ2) is 11.8. The Morgan fingerprint density at radius 1 is 0.208 bits per heavy atom. The summed E-state index contributed by atoms with van der Waals surface area (Å²) < 4.78 is 0. The highest BCUT2D eigenvalue weighted by Crippen LogP contribution is 2.50. The van der Waals surface area contributed by atoms with Crippen LogP contribution in [-0.2, 0) is 0 Å². The van der Waals surface area contributed by atoms with Gasteiger partial charge in [-0.1, -0.05) is 194 Å². The minimum Gasteiger partial charge on any atom is -0.0622 e. The summed E-state index contributed by atoms with van der Waals surface area (Å²) in [6, 6.07) is 70.7. The molecular formula is C48H32. The van der Waals surface area contributed by atoms with Gasteiger partial charge in [0.2, 0.25) is 0 Å². The van der Waals surface area contributed by atoms with Crippen molar-refractivity contribution < 1.29 is 0 Å². The van der Waals surface area contributed by atoms with E-state index in [1.807, 2.05) is 0 Å². The Balaban J connectivity index is 1.48. The van der Waals surface area contributed by atoms with E-state index in [0.29, 0.717) is 0 Å². The van der Waals surface area contributed by atoms with Gasteiger partial charge in [-0.05, 0) is 88.0 Å². The third-order valence-corrected chi connectivity index (χ3v) is 9.68. The molecule has 0 saturated carbocycles. The summed E-state index contributed by atoms with van der Waals surface area (Å²) in [4.78, 5) is 0. The van der Waals surface area contributed by atoms with Gasteiger partial charge < -0.3 is 0 Å². The first-order valence-electron chi connectivity index (χ1n) is 16.6. The summed E-state index contributed by atoms with van der Waals surface area (Å²) in [6.45, 7) is 0. The molecule has 0 unspecified atom stereocenters. The molecule has 0 heterocycles. The number of fused-ring (bicyclic) bond motifs is 3. The minimum atomic E-state index is 1.21.